The van der Waals surface area contributed by atoms with Crippen LogP contribution in [-0.2, 0) is 16.0 Å². The van der Waals surface area contributed by atoms with Crippen LogP contribution in [0.3, 0.4) is 0 Å². The number of carbonyl (C=O) groups is 1. The Morgan fingerprint density at radius 2 is 1.84 bits per heavy atom. The quantitative estimate of drug-likeness (QED) is 0.248. The summed E-state index contributed by atoms with van der Waals surface area (Å²) in [5.74, 6) is -0.260. The summed E-state index contributed by atoms with van der Waals surface area (Å²) in [6.07, 6.45) is -0.740. The Labute approximate surface area is 111 Å². The summed E-state index contributed by atoms with van der Waals surface area (Å²) < 4.78 is 9.66. The van der Waals surface area contributed by atoms with Gasteiger partial charge in [-0.15, -0.1) is 0 Å². The Morgan fingerprint density at radius 1 is 1.32 bits per heavy atom. The van der Waals surface area contributed by atoms with Crippen molar-refractivity contribution in [2.45, 2.75) is 12.8 Å². The van der Waals surface area contributed by atoms with Crippen LogP contribution in [0.1, 0.15) is 5.56 Å². The molecule has 0 aromatic heterocycles. The van der Waals surface area contributed by atoms with Gasteiger partial charge in [0.25, 0.3) is 0 Å². The van der Waals surface area contributed by atoms with Crippen LogP contribution in [-0.4, -0.2) is 19.4 Å². The van der Waals surface area contributed by atoms with Crippen molar-refractivity contribution in [3.05, 3.63) is 29.8 Å². The van der Waals surface area contributed by atoms with Gasteiger partial charge in [-0.25, -0.2) is 4.79 Å². The lowest BCUT2D eigenvalue weighted by molar-refractivity contribution is -0.136. The van der Waals surface area contributed by atoms with Gasteiger partial charge in [-0.1, -0.05) is 6.58 Å². The highest BCUT2D eigenvalue weighted by Crippen LogP contribution is 2.31. The zero-order valence-corrected chi connectivity index (χ0v) is 10.7. The largest absolute Gasteiger partial charge is 0.466 e. The predicted octanol–water partition coefficient (Wildman–Crippen LogP) is -0.297. The standard InChI is InChI=1S/C12H18N4O3/c1-6(11(17)18-2)3-7-4-8(13)10(9(14)5-7)19-12(15)16/h4-5,12H,1,3,13-16H2,2H3. The Hall–Kier alpha value is -2.25. The van der Waals surface area contributed by atoms with Crippen LogP contribution in [0.2, 0.25) is 0 Å². The molecular formula is C12H18N4O3. The number of hydrogen-bond donors (Lipinski definition) is 4. The summed E-state index contributed by atoms with van der Waals surface area (Å²) in [5.41, 5.74) is 23.8. The minimum Gasteiger partial charge on any atom is -0.466 e. The summed E-state index contributed by atoms with van der Waals surface area (Å²) in [7, 11) is 1.29. The zero-order chi connectivity index (χ0) is 14.6. The molecule has 7 heteroatoms. The molecule has 0 aliphatic rings. The number of benzene rings is 1. The van der Waals surface area contributed by atoms with Gasteiger partial charge in [0.1, 0.15) is 0 Å². The van der Waals surface area contributed by atoms with Crippen molar-refractivity contribution >= 4 is 17.3 Å². The van der Waals surface area contributed by atoms with E-state index in [0.29, 0.717) is 11.1 Å². The number of esters is 1. The second-order valence-electron chi connectivity index (χ2n) is 3.96. The van der Waals surface area contributed by atoms with E-state index in [9.17, 15) is 4.79 Å². The minimum atomic E-state index is -1.01. The van der Waals surface area contributed by atoms with Gasteiger partial charge in [-0.3, -0.25) is 11.5 Å². The number of nitrogen functional groups attached to an aromatic ring is 2. The lowest BCUT2D eigenvalue weighted by Crippen LogP contribution is -2.37. The van der Waals surface area contributed by atoms with E-state index in [-0.39, 0.29) is 23.5 Å². The summed E-state index contributed by atoms with van der Waals surface area (Å²) >= 11 is 0. The van der Waals surface area contributed by atoms with Gasteiger partial charge >= 0.3 is 5.97 Å². The summed E-state index contributed by atoms with van der Waals surface area (Å²) in [4.78, 5) is 11.3. The van der Waals surface area contributed by atoms with Crippen molar-refractivity contribution in [3.63, 3.8) is 0 Å². The molecular weight excluding hydrogens is 248 g/mol. The maximum absolute atomic E-state index is 11.3. The van der Waals surface area contributed by atoms with Crippen LogP contribution >= 0.6 is 0 Å². The van der Waals surface area contributed by atoms with E-state index in [1.165, 1.54) is 7.11 Å². The first-order valence-corrected chi connectivity index (χ1v) is 5.47. The molecule has 0 spiro atoms. The summed E-state index contributed by atoms with van der Waals surface area (Å²) in [5, 5.41) is 0. The topological polar surface area (TPSA) is 140 Å². The first-order chi connectivity index (χ1) is 8.85. The number of rotatable bonds is 5. The Kier molecular flexibility index (Phi) is 4.74. The molecule has 8 N–H and O–H groups in total. The molecule has 7 nitrogen and oxygen atoms in total. The molecule has 19 heavy (non-hydrogen) atoms. The first-order valence-electron chi connectivity index (χ1n) is 5.47. The van der Waals surface area contributed by atoms with Gasteiger partial charge in [0.05, 0.1) is 18.5 Å². The van der Waals surface area contributed by atoms with Gasteiger partial charge in [0.2, 0.25) is 6.35 Å². The van der Waals surface area contributed by atoms with E-state index in [0.717, 1.165) is 0 Å². The molecule has 0 amide bonds. The maximum Gasteiger partial charge on any atom is 0.333 e. The number of ether oxygens (including phenoxy) is 2. The average Bonchev–Trinajstić information content (AvgIpc) is 2.32. The zero-order valence-electron chi connectivity index (χ0n) is 10.7. The Bertz CT molecular complexity index is 477. The monoisotopic (exact) mass is 266 g/mol. The van der Waals surface area contributed by atoms with Gasteiger partial charge in [-0.05, 0) is 17.7 Å². The van der Waals surface area contributed by atoms with Gasteiger partial charge in [0.15, 0.2) is 5.75 Å². The van der Waals surface area contributed by atoms with E-state index in [2.05, 4.69) is 11.3 Å². The lowest BCUT2D eigenvalue weighted by Gasteiger charge is -2.15. The summed E-state index contributed by atoms with van der Waals surface area (Å²) in [6, 6.07) is 3.23. The first kappa shape index (κ1) is 14.8. The highest BCUT2D eigenvalue weighted by Gasteiger charge is 2.13. The van der Waals surface area contributed by atoms with Gasteiger partial charge in [-0.2, -0.15) is 0 Å². The molecule has 104 valence electrons. The van der Waals surface area contributed by atoms with Gasteiger partial charge in [0, 0.05) is 12.0 Å². The van der Waals surface area contributed by atoms with Gasteiger partial charge < -0.3 is 20.9 Å². The highest BCUT2D eigenvalue weighted by atomic mass is 16.5. The molecule has 0 radical (unpaired) electrons. The molecule has 0 bridgehead atoms. The summed E-state index contributed by atoms with van der Waals surface area (Å²) in [6.45, 7) is 3.62. The maximum atomic E-state index is 11.3. The van der Waals surface area contributed by atoms with Crippen molar-refractivity contribution in [1.82, 2.24) is 0 Å². The third-order valence-corrected chi connectivity index (χ3v) is 2.35. The van der Waals surface area contributed by atoms with E-state index in [1.807, 2.05) is 0 Å². The predicted molar refractivity (Wildman–Crippen MR) is 72.9 cm³/mol. The third-order valence-electron chi connectivity index (χ3n) is 2.35. The van der Waals surface area contributed by atoms with Crippen LogP contribution in [0.15, 0.2) is 24.3 Å². The van der Waals surface area contributed by atoms with Crippen LogP contribution in [0.5, 0.6) is 5.75 Å². The van der Waals surface area contributed by atoms with Crippen molar-refractivity contribution in [2.24, 2.45) is 11.5 Å². The molecule has 1 aromatic rings. The molecule has 1 aromatic carbocycles. The van der Waals surface area contributed by atoms with Crippen LogP contribution in [0.4, 0.5) is 11.4 Å². The van der Waals surface area contributed by atoms with Crippen molar-refractivity contribution in [3.8, 4) is 5.75 Å². The lowest BCUT2D eigenvalue weighted by atomic mass is 10.0. The fourth-order valence-corrected chi connectivity index (χ4v) is 1.58. The van der Waals surface area contributed by atoms with Crippen molar-refractivity contribution in [1.29, 1.82) is 0 Å². The highest BCUT2D eigenvalue weighted by molar-refractivity contribution is 5.88. The fourth-order valence-electron chi connectivity index (χ4n) is 1.58. The molecule has 1 rings (SSSR count). The number of carbonyl (C=O) groups excluding carboxylic acids is 1. The molecule has 0 aliphatic carbocycles. The normalized spacial score (nSPS) is 10.3. The SMILES string of the molecule is C=C(Cc1cc(N)c(OC(N)N)c(N)c1)C(=O)OC. The Balaban J connectivity index is 2.95. The number of hydrogen-bond acceptors (Lipinski definition) is 7. The van der Waals surface area contributed by atoms with E-state index in [4.69, 9.17) is 27.7 Å². The molecule has 0 fully saturated rings. The van der Waals surface area contributed by atoms with E-state index in [1.54, 1.807) is 12.1 Å². The third kappa shape index (κ3) is 3.87. The van der Waals surface area contributed by atoms with Crippen LogP contribution < -0.4 is 27.7 Å². The number of methoxy groups -OCH3 is 1. The molecule has 0 saturated carbocycles. The van der Waals surface area contributed by atoms with E-state index >= 15 is 0 Å². The smallest absolute Gasteiger partial charge is 0.333 e. The van der Waals surface area contributed by atoms with Crippen LogP contribution in [0.25, 0.3) is 0 Å². The number of nitrogens with two attached hydrogens (primary N) is 4. The van der Waals surface area contributed by atoms with Crippen molar-refractivity contribution in [2.75, 3.05) is 18.6 Å². The average molecular weight is 266 g/mol. The molecule has 0 heterocycles. The molecule has 0 aliphatic heterocycles. The minimum absolute atomic E-state index is 0.224. The van der Waals surface area contributed by atoms with Crippen LogP contribution in [0, 0.1) is 0 Å². The molecule has 0 unspecified atom stereocenters. The second-order valence-corrected chi connectivity index (χ2v) is 3.96. The Morgan fingerprint density at radius 3 is 2.26 bits per heavy atom. The fraction of sp³-hybridized carbons (Fsp3) is 0.250. The molecule has 0 saturated heterocycles. The molecule has 0 atom stereocenters. The number of anilines is 2. The van der Waals surface area contributed by atoms with Crippen molar-refractivity contribution < 1.29 is 14.3 Å². The van der Waals surface area contributed by atoms with E-state index < -0.39 is 12.3 Å². The second kappa shape index (κ2) is 6.07.